The summed E-state index contributed by atoms with van der Waals surface area (Å²) in [7, 11) is 0. The highest BCUT2D eigenvalue weighted by Crippen LogP contribution is 2.23. The zero-order chi connectivity index (χ0) is 14.5. The zero-order valence-corrected chi connectivity index (χ0v) is 12.7. The monoisotopic (exact) mass is 289 g/mol. The first-order valence-electron chi connectivity index (χ1n) is 6.80. The number of hydrogen-bond acceptors (Lipinski definition) is 2. The maximum atomic E-state index is 6.11. The van der Waals surface area contributed by atoms with Crippen molar-refractivity contribution >= 4 is 11.6 Å². The predicted molar refractivity (Wildman–Crippen MR) is 84.2 cm³/mol. The van der Waals surface area contributed by atoms with Crippen molar-refractivity contribution in [2.24, 2.45) is 5.73 Å². The smallest absolute Gasteiger partial charge is 0.121 e. The molecule has 0 unspecified atom stereocenters. The normalized spacial score (nSPS) is 10.8. The maximum absolute atomic E-state index is 6.11. The first-order chi connectivity index (χ1) is 9.60. The van der Waals surface area contributed by atoms with Gasteiger partial charge < -0.3 is 10.5 Å². The van der Waals surface area contributed by atoms with Crippen LogP contribution >= 0.6 is 11.6 Å². The molecule has 106 valence electrons. The van der Waals surface area contributed by atoms with E-state index in [1.54, 1.807) is 0 Å². The summed E-state index contributed by atoms with van der Waals surface area (Å²) in [6.45, 7) is 5.35. The number of benzene rings is 2. The van der Waals surface area contributed by atoms with Crippen molar-refractivity contribution in [3.63, 3.8) is 0 Å². The van der Waals surface area contributed by atoms with Crippen LogP contribution in [0.3, 0.4) is 0 Å². The highest BCUT2D eigenvalue weighted by molar-refractivity contribution is 6.31. The highest BCUT2D eigenvalue weighted by Gasteiger charge is 2.03. The zero-order valence-electron chi connectivity index (χ0n) is 11.9. The summed E-state index contributed by atoms with van der Waals surface area (Å²) in [5.74, 6) is 1.31. The molecule has 0 fully saturated rings. The van der Waals surface area contributed by atoms with E-state index < -0.39 is 0 Å². The summed E-state index contributed by atoms with van der Waals surface area (Å²) in [4.78, 5) is 0. The average molecular weight is 290 g/mol. The fourth-order valence-electron chi connectivity index (χ4n) is 1.95. The van der Waals surface area contributed by atoms with E-state index in [1.165, 1.54) is 5.56 Å². The quantitative estimate of drug-likeness (QED) is 0.879. The number of rotatable bonds is 5. The Balaban J connectivity index is 1.99. The van der Waals surface area contributed by atoms with Crippen LogP contribution in [-0.2, 0) is 13.2 Å². The molecule has 2 aromatic rings. The van der Waals surface area contributed by atoms with Gasteiger partial charge in [0.2, 0.25) is 0 Å². The standard InChI is InChI=1S/C17H20ClNO/c1-12(2)14-5-3-13(4-6-14)11-20-16-8-7-15(10-19)17(18)9-16/h3-9,12H,10-11,19H2,1-2H3. The Morgan fingerprint density at radius 2 is 1.80 bits per heavy atom. The Bertz CT molecular complexity index is 564. The van der Waals surface area contributed by atoms with Crippen LogP contribution in [0.15, 0.2) is 42.5 Å². The second kappa shape index (κ2) is 6.78. The van der Waals surface area contributed by atoms with E-state index in [0.717, 1.165) is 16.9 Å². The summed E-state index contributed by atoms with van der Waals surface area (Å²) in [5.41, 5.74) is 8.99. The Morgan fingerprint density at radius 1 is 1.10 bits per heavy atom. The molecule has 0 amide bonds. The van der Waals surface area contributed by atoms with Crippen molar-refractivity contribution in [3.05, 3.63) is 64.2 Å². The van der Waals surface area contributed by atoms with E-state index in [2.05, 4.69) is 38.1 Å². The Morgan fingerprint density at radius 3 is 2.35 bits per heavy atom. The van der Waals surface area contributed by atoms with E-state index >= 15 is 0 Å². The van der Waals surface area contributed by atoms with Crippen molar-refractivity contribution in [3.8, 4) is 5.75 Å². The Hall–Kier alpha value is -1.51. The van der Waals surface area contributed by atoms with Gasteiger partial charge in [0, 0.05) is 11.6 Å². The van der Waals surface area contributed by atoms with Gasteiger partial charge in [-0.2, -0.15) is 0 Å². The molecule has 2 aromatic carbocycles. The second-order valence-corrected chi connectivity index (χ2v) is 5.55. The van der Waals surface area contributed by atoms with Crippen LogP contribution in [0.25, 0.3) is 0 Å². The van der Waals surface area contributed by atoms with Gasteiger partial charge in [-0.25, -0.2) is 0 Å². The summed E-state index contributed by atoms with van der Waals surface area (Å²) < 4.78 is 5.75. The summed E-state index contributed by atoms with van der Waals surface area (Å²) >= 11 is 6.11. The molecule has 0 aromatic heterocycles. The molecule has 3 heteroatoms. The summed E-state index contributed by atoms with van der Waals surface area (Å²) in [6, 6.07) is 14.1. The van der Waals surface area contributed by atoms with Crippen LogP contribution in [0.1, 0.15) is 36.5 Å². The lowest BCUT2D eigenvalue weighted by molar-refractivity contribution is 0.306. The third-order valence-electron chi connectivity index (χ3n) is 3.30. The van der Waals surface area contributed by atoms with Gasteiger partial charge in [0.1, 0.15) is 12.4 Å². The molecule has 0 spiro atoms. The lowest BCUT2D eigenvalue weighted by Gasteiger charge is -2.10. The van der Waals surface area contributed by atoms with Gasteiger partial charge in [-0.1, -0.05) is 55.8 Å². The summed E-state index contributed by atoms with van der Waals surface area (Å²) in [5, 5.41) is 0.653. The largest absolute Gasteiger partial charge is 0.489 e. The van der Waals surface area contributed by atoms with Crippen molar-refractivity contribution in [1.29, 1.82) is 0 Å². The van der Waals surface area contributed by atoms with E-state index in [0.29, 0.717) is 24.1 Å². The van der Waals surface area contributed by atoms with Crippen LogP contribution < -0.4 is 10.5 Å². The first-order valence-corrected chi connectivity index (χ1v) is 7.18. The Kier molecular flexibility index (Phi) is 5.05. The average Bonchev–Trinajstić information content (AvgIpc) is 2.45. The van der Waals surface area contributed by atoms with Crippen LogP contribution in [0, 0.1) is 0 Å². The fraction of sp³-hybridized carbons (Fsp3) is 0.294. The van der Waals surface area contributed by atoms with Crippen LogP contribution in [0.2, 0.25) is 5.02 Å². The third-order valence-corrected chi connectivity index (χ3v) is 3.65. The molecule has 0 aliphatic heterocycles. The van der Waals surface area contributed by atoms with Gasteiger partial charge in [0.15, 0.2) is 0 Å². The minimum Gasteiger partial charge on any atom is -0.489 e. The number of hydrogen-bond donors (Lipinski definition) is 1. The molecule has 0 atom stereocenters. The third kappa shape index (κ3) is 3.75. The number of ether oxygens (including phenoxy) is 1. The molecule has 2 nitrogen and oxygen atoms in total. The lowest BCUT2D eigenvalue weighted by Crippen LogP contribution is -1.99. The molecular weight excluding hydrogens is 270 g/mol. The van der Waals surface area contributed by atoms with Crippen LogP contribution in [-0.4, -0.2) is 0 Å². The highest BCUT2D eigenvalue weighted by atomic mass is 35.5. The van der Waals surface area contributed by atoms with Crippen LogP contribution in [0.4, 0.5) is 0 Å². The predicted octanol–water partition coefficient (Wildman–Crippen LogP) is 4.50. The van der Waals surface area contributed by atoms with E-state index in [-0.39, 0.29) is 0 Å². The van der Waals surface area contributed by atoms with Crippen molar-refractivity contribution in [1.82, 2.24) is 0 Å². The second-order valence-electron chi connectivity index (χ2n) is 5.14. The molecule has 0 aliphatic rings. The van der Waals surface area contributed by atoms with E-state index in [9.17, 15) is 0 Å². The molecule has 0 radical (unpaired) electrons. The minimum absolute atomic E-state index is 0.440. The topological polar surface area (TPSA) is 35.2 Å². The summed E-state index contributed by atoms with van der Waals surface area (Å²) in [6.07, 6.45) is 0. The van der Waals surface area contributed by atoms with Gasteiger partial charge in [-0.05, 0) is 34.7 Å². The van der Waals surface area contributed by atoms with Crippen molar-refractivity contribution in [2.45, 2.75) is 32.9 Å². The minimum atomic E-state index is 0.440. The molecule has 0 aliphatic carbocycles. The molecule has 20 heavy (non-hydrogen) atoms. The molecule has 2 rings (SSSR count). The van der Waals surface area contributed by atoms with E-state index in [1.807, 2.05) is 18.2 Å². The maximum Gasteiger partial charge on any atom is 0.121 e. The molecule has 0 saturated heterocycles. The van der Waals surface area contributed by atoms with Gasteiger partial charge in [-0.3, -0.25) is 0 Å². The fourth-order valence-corrected chi connectivity index (χ4v) is 2.20. The van der Waals surface area contributed by atoms with Gasteiger partial charge >= 0.3 is 0 Å². The van der Waals surface area contributed by atoms with Crippen LogP contribution in [0.5, 0.6) is 5.75 Å². The molecule has 2 N–H and O–H groups in total. The van der Waals surface area contributed by atoms with E-state index in [4.69, 9.17) is 22.1 Å². The molecule has 0 heterocycles. The SMILES string of the molecule is CC(C)c1ccc(COc2ccc(CN)c(Cl)c2)cc1. The molecular formula is C17H20ClNO. The van der Waals surface area contributed by atoms with Crippen molar-refractivity contribution in [2.75, 3.05) is 0 Å². The van der Waals surface area contributed by atoms with Crippen molar-refractivity contribution < 1.29 is 4.74 Å². The van der Waals surface area contributed by atoms with Gasteiger partial charge in [0.25, 0.3) is 0 Å². The molecule has 0 bridgehead atoms. The van der Waals surface area contributed by atoms with Gasteiger partial charge in [0.05, 0.1) is 0 Å². The Labute approximate surface area is 125 Å². The number of nitrogens with two attached hydrogens (primary N) is 1. The van der Waals surface area contributed by atoms with Gasteiger partial charge in [-0.15, -0.1) is 0 Å². The first kappa shape index (κ1) is 14.9. The lowest BCUT2D eigenvalue weighted by atomic mass is 10.0. The molecule has 0 saturated carbocycles. The number of halogens is 1.